The number of carbonyl (C=O) groups excluding carboxylic acids is 1. The van der Waals surface area contributed by atoms with Gasteiger partial charge >= 0.3 is 0 Å². The lowest BCUT2D eigenvalue weighted by Crippen LogP contribution is -2.29. The highest BCUT2D eigenvalue weighted by Crippen LogP contribution is 2.16. The highest BCUT2D eigenvalue weighted by molar-refractivity contribution is 7.89. The second-order valence-corrected chi connectivity index (χ2v) is 5.19. The van der Waals surface area contributed by atoms with Crippen molar-refractivity contribution in [2.75, 3.05) is 25.5 Å². The maximum absolute atomic E-state index is 11.8. The molecule has 0 bridgehead atoms. The van der Waals surface area contributed by atoms with Crippen molar-refractivity contribution in [3.8, 4) is 0 Å². The van der Waals surface area contributed by atoms with Gasteiger partial charge in [0.1, 0.15) is 11.5 Å². The number of ether oxygens (including phenoxy) is 1. The van der Waals surface area contributed by atoms with Crippen LogP contribution in [0.5, 0.6) is 0 Å². The first-order chi connectivity index (χ1) is 8.43. The van der Waals surface area contributed by atoms with E-state index in [0.29, 0.717) is 0 Å². The van der Waals surface area contributed by atoms with Gasteiger partial charge in [0.05, 0.1) is 12.3 Å². The SMILES string of the molecule is NC(=O)COCCNS(=O)(=O)c1ccccc1N. The molecule has 1 rings (SSSR count). The zero-order valence-corrected chi connectivity index (χ0v) is 10.4. The average molecular weight is 273 g/mol. The van der Waals surface area contributed by atoms with Crippen LogP contribution < -0.4 is 16.2 Å². The molecule has 1 amide bonds. The molecule has 0 aliphatic carbocycles. The molecule has 0 spiro atoms. The summed E-state index contributed by atoms with van der Waals surface area (Å²) in [6.45, 7) is -0.159. The van der Waals surface area contributed by atoms with Crippen LogP contribution in [0.3, 0.4) is 0 Å². The lowest BCUT2D eigenvalue weighted by Gasteiger charge is -2.08. The van der Waals surface area contributed by atoms with E-state index < -0.39 is 15.9 Å². The fraction of sp³-hybridized carbons (Fsp3) is 0.300. The minimum Gasteiger partial charge on any atom is -0.398 e. The van der Waals surface area contributed by atoms with Gasteiger partial charge in [0, 0.05) is 6.54 Å². The Morgan fingerprint density at radius 1 is 1.33 bits per heavy atom. The molecular formula is C10H15N3O4S. The van der Waals surface area contributed by atoms with Crippen molar-refractivity contribution in [2.45, 2.75) is 4.90 Å². The Morgan fingerprint density at radius 3 is 2.61 bits per heavy atom. The highest BCUT2D eigenvalue weighted by atomic mass is 32.2. The van der Waals surface area contributed by atoms with Gasteiger partial charge in [-0.2, -0.15) is 0 Å². The number of para-hydroxylation sites is 1. The van der Waals surface area contributed by atoms with Gasteiger partial charge in [-0.15, -0.1) is 0 Å². The number of carbonyl (C=O) groups is 1. The van der Waals surface area contributed by atoms with Crippen molar-refractivity contribution >= 4 is 21.6 Å². The zero-order valence-electron chi connectivity index (χ0n) is 9.63. The van der Waals surface area contributed by atoms with Crippen LogP contribution in [-0.2, 0) is 19.6 Å². The van der Waals surface area contributed by atoms with Gasteiger partial charge in [-0.1, -0.05) is 12.1 Å². The van der Waals surface area contributed by atoms with E-state index in [0.717, 1.165) is 0 Å². The predicted molar refractivity (Wildman–Crippen MR) is 66.1 cm³/mol. The van der Waals surface area contributed by atoms with Gasteiger partial charge in [-0.25, -0.2) is 13.1 Å². The first-order valence-electron chi connectivity index (χ1n) is 5.13. The molecule has 0 saturated carbocycles. The Morgan fingerprint density at radius 2 is 2.00 bits per heavy atom. The molecule has 0 radical (unpaired) electrons. The standard InChI is InChI=1S/C10H15N3O4S/c11-8-3-1-2-4-9(8)18(15,16)13-5-6-17-7-10(12)14/h1-4,13H,5-7,11H2,(H2,12,14). The Hall–Kier alpha value is -1.64. The summed E-state index contributed by atoms with van der Waals surface area (Å²) in [4.78, 5) is 10.4. The van der Waals surface area contributed by atoms with E-state index in [-0.39, 0.29) is 30.3 Å². The van der Waals surface area contributed by atoms with Crippen LogP contribution >= 0.6 is 0 Å². The molecule has 7 nitrogen and oxygen atoms in total. The van der Waals surface area contributed by atoms with Crippen LogP contribution in [0.25, 0.3) is 0 Å². The Kier molecular flexibility index (Phi) is 5.08. The first-order valence-corrected chi connectivity index (χ1v) is 6.62. The summed E-state index contributed by atoms with van der Waals surface area (Å²) in [6, 6.07) is 6.12. The maximum atomic E-state index is 11.8. The maximum Gasteiger partial charge on any atom is 0.243 e. The van der Waals surface area contributed by atoms with Crippen LogP contribution in [-0.4, -0.2) is 34.1 Å². The van der Waals surface area contributed by atoms with Crippen molar-refractivity contribution in [3.63, 3.8) is 0 Å². The molecule has 0 fully saturated rings. The number of nitrogens with one attached hydrogen (secondary N) is 1. The number of anilines is 1. The topological polar surface area (TPSA) is 125 Å². The molecule has 0 unspecified atom stereocenters. The van der Waals surface area contributed by atoms with Crippen molar-refractivity contribution in [1.82, 2.24) is 4.72 Å². The smallest absolute Gasteiger partial charge is 0.243 e. The molecule has 0 heterocycles. The zero-order chi connectivity index (χ0) is 13.6. The summed E-state index contributed by atoms with van der Waals surface area (Å²) < 4.78 is 30.8. The van der Waals surface area contributed by atoms with Gasteiger partial charge in [-0.05, 0) is 12.1 Å². The number of rotatable bonds is 7. The fourth-order valence-corrected chi connectivity index (χ4v) is 2.37. The third kappa shape index (κ3) is 4.32. The summed E-state index contributed by atoms with van der Waals surface area (Å²) in [7, 11) is -3.66. The van der Waals surface area contributed by atoms with E-state index in [1.165, 1.54) is 12.1 Å². The number of benzene rings is 1. The molecule has 0 aromatic heterocycles. The van der Waals surface area contributed by atoms with Gasteiger partial charge in [0.15, 0.2) is 0 Å². The van der Waals surface area contributed by atoms with Gasteiger partial charge in [0.25, 0.3) is 0 Å². The largest absolute Gasteiger partial charge is 0.398 e. The number of amides is 1. The number of primary amides is 1. The van der Waals surface area contributed by atoms with Gasteiger partial charge < -0.3 is 16.2 Å². The highest BCUT2D eigenvalue weighted by Gasteiger charge is 2.15. The quantitative estimate of drug-likeness (QED) is 0.436. The Balaban J connectivity index is 2.51. The van der Waals surface area contributed by atoms with Crippen molar-refractivity contribution in [3.05, 3.63) is 24.3 Å². The molecule has 0 aliphatic rings. The number of hydrogen-bond acceptors (Lipinski definition) is 5. The van der Waals surface area contributed by atoms with Crippen molar-refractivity contribution in [2.24, 2.45) is 5.73 Å². The molecular weight excluding hydrogens is 258 g/mol. The summed E-state index contributed by atoms with van der Waals surface area (Å²) in [5.41, 5.74) is 10.6. The fourth-order valence-electron chi connectivity index (χ4n) is 1.22. The molecule has 8 heteroatoms. The van der Waals surface area contributed by atoms with E-state index in [1.54, 1.807) is 12.1 Å². The van der Waals surface area contributed by atoms with Gasteiger partial charge in [0.2, 0.25) is 15.9 Å². The monoisotopic (exact) mass is 273 g/mol. The first kappa shape index (κ1) is 14.4. The van der Waals surface area contributed by atoms with E-state index in [9.17, 15) is 13.2 Å². The minimum atomic E-state index is -3.66. The summed E-state index contributed by atoms with van der Waals surface area (Å²) >= 11 is 0. The van der Waals surface area contributed by atoms with Crippen LogP contribution in [0.1, 0.15) is 0 Å². The Bertz CT molecular complexity index is 516. The van der Waals surface area contributed by atoms with E-state index in [4.69, 9.17) is 16.2 Å². The number of nitrogen functional groups attached to an aromatic ring is 1. The molecule has 0 saturated heterocycles. The number of hydrogen-bond donors (Lipinski definition) is 3. The lowest BCUT2D eigenvalue weighted by atomic mass is 10.3. The third-order valence-corrected chi connectivity index (χ3v) is 3.53. The second kappa shape index (κ2) is 6.34. The van der Waals surface area contributed by atoms with E-state index >= 15 is 0 Å². The minimum absolute atomic E-state index is 0.0138. The molecule has 5 N–H and O–H groups in total. The van der Waals surface area contributed by atoms with Gasteiger partial charge in [-0.3, -0.25) is 4.79 Å². The summed E-state index contributed by atoms with van der Waals surface area (Å²) in [5.74, 6) is -0.606. The van der Waals surface area contributed by atoms with E-state index in [2.05, 4.69) is 4.72 Å². The lowest BCUT2D eigenvalue weighted by molar-refractivity contribution is -0.122. The van der Waals surface area contributed by atoms with Crippen LogP contribution in [0, 0.1) is 0 Å². The number of sulfonamides is 1. The molecule has 1 aromatic carbocycles. The molecule has 18 heavy (non-hydrogen) atoms. The van der Waals surface area contributed by atoms with Crippen molar-refractivity contribution < 1.29 is 17.9 Å². The number of nitrogens with two attached hydrogens (primary N) is 2. The average Bonchev–Trinajstić information content (AvgIpc) is 2.28. The van der Waals surface area contributed by atoms with Crippen LogP contribution in [0.2, 0.25) is 0 Å². The molecule has 0 atom stereocenters. The molecule has 100 valence electrons. The molecule has 1 aromatic rings. The van der Waals surface area contributed by atoms with E-state index in [1.807, 2.05) is 0 Å². The molecule has 0 aliphatic heterocycles. The summed E-state index contributed by atoms with van der Waals surface area (Å²) in [6.07, 6.45) is 0. The Labute approximate surface area is 105 Å². The van der Waals surface area contributed by atoms with Crippen LogP contribution in [0.4, 0.5) is 5.69 Å². The predicted octanol–water partition coefficient (Wildman–Crippen LogP) is -0.951. The third-order valence-electron chi connectivity index (χ3n) is 1.99. The summed E-state index contributed by atoms with van der Waals surface area (Å²) in [5, 5.41) is 0. The second-order valence-electron chi connectivity index (χ2n) is 3.45. The normalized spacial score (nSPS) is 11.3. The van der Waals surface area contributed by atoms with Crippen LogP contribution in [0.15, 0.2) is 29.2 Å². The van der Waals surface area contributed by atoms with Crippen molar-refractivity contribution in [1.29, 1.82) is 0 Å².